The van der Waals surface area contributed by atoms with Crippen molar-refractivity contribution in [2.45, 2.75) is 11.1 Å². The van der Waals surface area contributed by atoms with Crippen LogP contribution in [0.25, 0.3) is 12.2 Å². The van der Waals surface area contributed by atoms with Crippen LogP contribution in [0.5, 0.6) is 0 Å². The van der Waals surface area contributed by atoms with Gasteiger partial charge < -0.3 is 15.5 Å². The highest BCUT2D eigenvalue weighted by Gasteiger charge is 2.32. The molecule has 0 atom stereocenters. The first kappa shape index (κ1) is 21.7. The van der Waals surface area contributed by atoms with E-state index in [0.29, 0.717) is 22.9 Å². The molecule has 0 aliphatic carbocycles. The second-order valence-corrected chi connectivity index (χ2v) is 8.99. The van der Waals surface area contributed by atoms with Crippen LogP contribution in [0.15, 0.2) is 45.5 Å². The fourth-order valence-electron chi connectivity index (χ4n) is 3.16. The number of piperazine rings is 1. The Balaban J connectivity index is 1.46. The summed E-state index contributed by atoms with van der Waals surface area (Å²) in [5.41, 5.74) is 0.199. The Labute approximate surface area is 185 Å². The lowest BCUT2D eigenvalue weighted by Gasteiger charge is -2.26. The van der Waals surface area contributed by atoms with Crippen LogP contribution < -0.4 is 10.6 Å². The fourth-order valence-corrected chi connectivity index (χ4v) is 4.96. The van der Waals surface area contributed by atoms with Gasteiger partial charge in [-0.05, 0) is 47.4 Å². The number of thiophene rings is 1. The minimum Gasteiger partial charge on any atom is -0.337 e. The number of thioether (sulfide) groups is 1. The quantitative estimate of drug-likeness (QED) is 0.664. The molecule has 0 bridgehead atoms. The number of halogens is 3. The maximum Gasteiger partial charge on any atom is 0.416 e. The number of nitrogens with one attached hydrogen (secondary N) is 2. The van der Waals surface area contributed by atoms with Crippen molar-refractivity contribution in [2.24, 2.45) is 0 Å². The lowest BCUT2D eigenvalue weighted by Crippen LogP contribution is -2.45. The third kappa shape index (κ3) is 5.20. The van der Waals surface area contributed by atoms with Crippen LogP contribution in [0, 0.1) is 0 Å². The van der Waals surface area contributed by atoms with Crippen LogP contribution in [-0.4, -0.2) is 42.9 Å². The smallest absolute Gasteiger partial charge is 0.337 e. The molecule has 0 unspecified atom stereocenters. The van der Waals surface area contributed by atoms with E-state index < -0.39 is 17.6 Å². The number of amides is 2. The number of carbonyl (C=O) groups is 2. The number of fused-ring (bicyclic) bond motifs is 1. The topological polar surface area (TPSA) is 61.4 Å². The summed E-state index contributed by atoms with van der Waals surface area (Å²) in [7, 11) is 0. The summed E-state index contributed by atoms with van der Waals surface area (Å²) in [6.07, 6.45) is 0.514. The van der Waals surface area contributed by atoms with E-state index >= 15 is 0 Å². The second-order valence-electron chi connectivity index (χ2n) is 6.96. The van der Waals surface area contributed by atoms with Crippen molar-refractivity contribution in [3.63, 3.8) is 0 Å². The molecule has 2 N–H and O–H groups in total. The highest BCUT2D eigenvalue weighted by atomic mass is 32.2. The Bertz CT molecular complexity index is 1070. The van der Waals surface area contributed by atoms with E-state index in [9.17, 15) is 22.8 Å². The summed E-state index contributed by atoms with van der Waals surface area (Å²) in [5.74, 6) is -0.485. The molecule has 4 rings (SSSR count). The van der Waals surface area contributed by atoms with Gasteiger partial charge in [-0.15, -0.1) is 11.3 Å². The van der Waals surface area contributed by atoms with Gasteiger partial charge in [0.1, 0.15) is 0 Å². The monoisotopic (exact) mass is 465 g/mol. The van der Waals surface area contributed by atoms with Crippen molar-refractivity contribution in [1.29, 1.82) is 0 Å². The minimum absolute atomic E-state index is 0.0374. The zero-order chi connectivity index (χ0) is 22.0. The summed E-state index contributed by atoms with van der Waals surface area (Å²) in [6.45, 7) is 2.94. The molecule has 1 aromatic heterocycles. The van der Waals surface area contributed by atoms with Crippen LogP contribution in [0.1, 0.15) is 16.0 Å². The molecule has 2 amide bonds. The van der Waals surface area contributed by atoms with Crippen molar-refractivity contribution < 1.29 is 22.8 Å². The van der Waals surface area contributed by atoms with Gasteiger partial charge in [0.15, 0.2) is 0 Å². The Hall–Kier alpha value is -2.56. The van der Waals surface area contributed by atoms with Crippen LogP contribution in [0.4, 0.5) is 18.9 Å². The highest BCUT2D eigenvalue weighted by Crippen LogP contribution is 2.42. The molecular weight excluding hydrogens is 447 g/mol. The summed E-state index contributed by atoms with van der Waals surface area (Å²) in [5, 5.41) is 7.61. The fraction of sp³-hybridized carbons (Fsp3) is 0.238. The molecule has 5 nitrogen and oxygen atoms in total. The number of nitrogens with zero attached hydrogens (tertiary/aromatic N) is 1. The van der Waals surface area contributed by atoms with Gasteiger partial charge in [0.2, 0.25) is 5.91 Å². The van der Waals surface area contributed by atoms with Gasteiger partial charge in [-0.1, -0.05) is 11.8 Å². The maximum absolute atomic E-state index is 12.9. The highest BCUT2D eigenvalue weighted by molar-refractivity contribution is 8.04. The number of carbonyl (C=O) groups excluding carboxylic acids is 2. The SMILES string of the molecule is O=C1Nc2cc(C(F)(F)F)ccc2S/C1=C\c1cc(/C=C/C(=O)N2CCNCC2)cs1. The van der Waals surface area contributed by atoms with E-state index in [-0.39, 0.29) is 11.6 Å². The third-order valence-electron chi connectivity index (χ3n) is 4.76. The van der Waals surface area contributed by atoms with E-state index in [4.69, 9.17) is 0 Å². The van der Waals surface area contributed by atoms with Gasteiger partial charge in [0.05, 0.1) is 16.2 Å². The molecule has 2 aromatic rings. The molecule has 1 saturated heterocycles. The number of hydrogen-bond acceptors (Lipinski definition) is 5. The lowest BCUT2D eigenvalue weighted by atomic mass is 10.2. The number of hydrogen-bond donors (Lipinski definition) is 2. The average molecular weight is 466 g/mol. The Morgan fingerprint density at radius 3 is 2.68 bits per heavy atom. The predicted molar refractivity (Wildman–Crippen MR) is 117 cm³/mol. The third-order valence-corrected chi connectivity index (χ3v) is 6.76. The molecule has 31 heavy (non-hydrogen) atoms. The first-order chi connectivity index (χ1) is 14.8. The summed E-state index contributed by atoms with van der Waals surface area (Å²) in [4.78, 5) is 28.1. The Morgan fingerprint density at radius 1 is 1.16 bits per heavy atom. The molecule has 1 aromatic carbocycles. The van der Waals surface area contributed by atoms with Gasteiger partial charge >= 0.3 is 6.18 Å². The van der Waals surface area contributed by atoms with E-state index in [0.717, 1.165) is 47.4 Å². The normalized spacial score (nSPS) is 18.4. The van der Waals surface area contributed by atoms with Crippen LogP contribution in [-0.2, 0) is 15.8 Å². The molecule has 2 aliphatic heterocycles. The number of rotatable bonds is 3. The summed E-state index contributed by atoms with van der Waals surface area (Å²) in [6, 6.07) is 5.17. The van der Waals surface area contributed by atoms with Crippen molar-refractivity contribution in [3.8, 4) is 0 Å². The molecule has 0 spiro atoms. The van der Waals surface area contributed by atoms with Gasteiger partial charge in [0.25, 0.3) is 5.91 Å². The van der Waals surface area contributed by atoms with Crippen molar-refractivity contribution in [2.75, 3.05) is 31.5 Å². The van der Waals surface area contributed by atoms with Crippen molar-refractivity contribution in [1.82, 2.24) is 10.2 Å². The number of anilines is 1. The number of alkyl halides is 3. The van der Waals surface area contributed by atoms with E-state index in [1.807, 2.05) is 11.4 Å². The van der Waals surface area contributed by atoms with Crippen LogP contribution in [0.3, 0.4) is 0 Å². The van der Waals surface area contributed by atoms with Gasteiger partial charge in [-0.3, -0.25) is 9.59 Å². The van der Waals surface area contributed by atoms with Crippen LogP contribution >= 0.6 is 23.1 Å². The van der Waals surface area contributed by atoms with E-state index in [1.54, 1.807) is 23.1 Å². The molecule has 162 valence electrons. The summed E-state index contributed by atoms with van der Waals surface area (Å²) < 4.78 is 38.6. The minimum atomic E-state index is -4.46. The molecule has 3 heterocycles. The average Bonchev–Trinajstić information content (AvgIpc) is 3.19. The zero-order valence-electron chi connectivity index (χ0n) is 16.2. The van der Waals surface area contributed by atoms with Crippen LogP contribution in [0.2, 0.25) is 0 Å². The van der Waals surface area contributed by atoms with Crippen molar-refractivity contribution >= 4 is 52.8 Å². The van der Waals surface area contributed by atoms with Gasteiger partial charge in [-0.2, -0.15) is 13.2 Å². The maximum atomic E-state index is 12.9. The second kappa shape index (κ2) is 8.89. The molecular formula is C21H18F3N3O2S2. The first-order valence-corrected chi connectivity index (χ1v) is 11.2. The van der Waals surface area contributed by atoms with E-state index in [2.05, 4.69) is 10.6 Å². The summed E-state index contributed by atoms with van der Waals surface area (Å²) >= 11 is 2.54. The number of benzene rings is 1. The zero-order valence-corrected chi connectivity index (χ0v) is 17.8. The molecule has 0 radical (unpaired) electrons. The Morgan fingerprint density at radius 2 is 1.94 bits per heavy atom. The molecule has 0 saturated carbocycles. The standard InChI is InChI=1S/C21H18F3N3O2S2/c22-21(23,24)14-2-3-17-16(10-14)26-20(29)18(31-17)11-15-9-13(12-30-15)1-4-19(28)27-7-5-25-6-8-27/h1-4,9-12,25H,5-8H2,(H,26,29)/b4-1+,18-11-. The predicted octanol–water partition coefficient (Wildman–Crippen LogP) is 4.30. The largest absolute Gasteiger partial charge is 0.416 e. The molecule has 10 heteroatoms. The van der Waals surface area contributed by atoms with Gasteiger partial charge in [-0.25, -0.2) is 0 Å². The molecule has 1 fully saturated rings. The van der Waals surface area contributed by atoms with Crippen molar-refractivity contribution in [3.05, 3.63) is 56.6 Å². The lowest BCUT2D eigenvalue weighted by molar-refractivity contribution is -0.137. The molecule has 2 aliphatic rings. The Kier molecular flexibility index (Phi) is 6.22. The van der Waals surface area contributed by atoms with Gasteiger partial charge in [0, 0.05) is 42.0 Å². The first-order valence-electron chi connectivity index (χ1n) is 9.48. The van der Waals surface area contributed by atoms with E-state index in [1.165, 1.54) is 17.4 Å².